The first kappa shape index (κ1) is 17.2. The molecule has 0 unspecified atom stereocenters. The van der Waals surface area contributed by atoms with Crippen molar-refractivity contribution in [2.75, 3.05) is 49.4 Å². The van der Waals surface area contributed by atoms with Gasteiger partial charge < -0.3 is 20.2 Å². The molecule has 0 spiro atoms. The molecule has 0 bridgehead atoms. The highest BCUT2D eigenvalue weighted by molar-refractivity contribution is 7.17. The summed E-state index contributed by atoms with van der Waals surface area (Å²) in [5, 5.41) is 12.7. The fraction of sp³-hybridized carbons (Fsp3) is 0.375. The lowest BCUT2D eigenvalue weighted by atomic mass is 10.2. The molecule has 2 aromatic rings. The number of nitrogens with zero attached hydrogens (tertiary/aromatic N) is 3. The van der Waals surface area contributed by atoms with E-state index in [1.807, 2.05) is 62.1 Å². The van der Waals surface area contributed by atoms with Crippen LogP contribution in [0.15, 0.2) is 24.3 Å². The zero-order valence-electron chi connectivity index (χ0n) is 13.8. The first-order chi connectivity index (χ1) is 10.9. The summed E-state index contributed by atoms with van der Waals surface area (Å²) < 4.78 is 0. The van der Waals surface area contributed by atoms with E-state index in [0.717, 1.165) is 22.2 Å². The molecule has 1 aromatic heterocycles. The summed E-state index contributed by atoms with van der Waals surface area (Å²) in [5.41, 5.74) is 2.45. The van der Waals surface area contributed by atoms with Crippen LogP contribution in [0, 0.1) is 6.92 Å². The summed E-state index contributed by atoms with van der Waals surface area (Å²) in [6.45, 7) is 2.51. The van der Waals surface area contributed by atoms with Crippen LogP contribution < -0.4 is 15.1 Å². The molecule has 0 saturated heterocycles. The van der Waals surface area contributed by atoms with Crippen molar-refractivity contribution in [2.24, 2.45) is 0 Å². The summed E-state index contributed by atoms with van der Waals surface area (Å²) in [7, 11) is 5.72. The van der Waals surface area contributed by atoms with Crippen LogP contribution in [-0.4, -0.2) is 50.3 Å². The first-order valence-electron chi connectivity index (χ1n) is 7.30. The maximum Gasteiger partial charge on any atom is 0.267 e. The van der Waals surface area contributed by atoms with Crippen LogP contribution in [0.2, 0.25) is 0 Å². The van der Waals surface area contributed by atoms with Crippen LogP contribution in [0.4, 0.5) is 16.5 Å². The predicted octanol–water partition coefficient (Wildman–Crippen LogP) is 2.20. The van der Waals surface area contributed by atoms with Crippen LogP contribution in [0.25, 0.3) is 0 Å². The Morgan fingerprint density at radius 3 is 2.43 bits per heavy atom. The Kier molecular flexibility index (Phi) is 5.57. The number of aliphatic hydroxyl groups excluding tert-OH is 1. The van der Waals surface area contributed by atoms with E-state index in [9.17, 15) is 4.79 Å². The maximum absolute atomic E-state index is 12.4. The van der Waals surface area contributed by atoms with Crippen LogP contribution >= 0.6 is 11.3 Å². The second-order valence-corrected chi connectivity index (χ2v) is 6.43. The second-order valence-electron chi connectivity index (χ2n) is 5.45. The molecule has 0 aliphatic heterocycles. The summed E-state index contributed by atoms with van der Waals surface area (Å²) in [4.78, 5) is 21.2. The van der Waals surface area contributed by atoms with Crippen LogP contribution in [0.5, 0.6) is 0 Å². The number of carbonyl (C=O) groups is 1. The van der Waals surface area contributed by atoms with E-state index in [-0.39, 0.29) is 12.5 Å². The second kappa shape index (κ2) is 7.43. The van der Waals surface area contributed by atoms with Gasteiger partial charge in [-0.1, -0.05) is 11.3 Å². The topological polar surface area (TPSA) is 68.7 Å². The van der Waals surface area contributed by atoms with E-state index in [1.54, 1.807) is 0 Å². The van der Waals surface area contributed by atoms with E-state index >= 15 is 0 Å². The summed E-state index contributed by atoms with van der Waals surface area (Å²) >= 11 is 1.38. The van der Waals surface area contributed by atoms with Gasteiger partial charge in [0.2, 0.25) is 0 Å². The molecule has 0 aliphatic rings. The van der Waals surface area contributed by atoms with Gasteiger partial charge in [-0.05, 0) is 31.2 Å². The minimum Gasteiger partial charge on any atom is -0.395 e. The zero-order chi connectivity index (χ0) is 17.0. The number of nitrogens with one attached hydrogen (secondary N) is 1. The highest BCUT2D eigenvalue weighted by atomic mass is 32.1. The Balaban J connectivity index is 2.08. The third-order valence-corrected chi connectivity index (χ3v) is 4.70. The lowest BCUT2D eigenvalue weighted by Crippen LogP contribution is -2.21. The summed E-state index contributed by atoms with van der Waals surface area (Å²) in [6.07, 6.45) is 0. The Hall–Kier alpha value is -2.12. The number of aromatic nitrogens is 1. The smallest absolute Gasteiger partial charge is 0.267 e. The van der Waals surface area contributed by atoms with Crippen molar-refractivity contribution in [3.05, 3.63) is 34.8 Å². The Morgan fingerprint density at radius 2 is 1.91 bits per heavy atom. The van der Waals surface area contributed by atoms with Gasteiger partial charge in [-0.15, -0.1) is 0 Å². The van der Waals surface area contributed by atoms with Crippen molar-refractivity contribution < 1.29 is 9.90 Å². The molecule has 1 aromatic carbocycles. The van der Waals surface area contributed by atoms with Gasteiger partial charge in [0.15, 0.2) is 5.13 Å². The van der Waals surface area contributed by atoms with Gasteiger partial charge in [-0.25, -0.2) is 4.98 Å². The fourth-order valence-electron chi connectivity index (χ4n) is 2.05. The molecule has 23 heavy (non-hydrogen) atoms. The zero-order valence-corrected chi connectivity index (χ0v) is 14.6. The quantitative estimate of drug-likeness (QED) is 0.848. The molecule has 0 aliphatic carbocycles. The number of benzene rings is 1. The molecule has 124 valence electrons. The highest BCUT2D eigenvalue weighted by Crippen LogP contribution is 2.25. The number of hydrogen-bond donors (Lipinski definition) is 2. The molecular weight excluding hydrogens is 312 g/mol. The Bertz CT molecular complexity index is 667. The number of amides is 1. The van der Waals surface area contributed by atoms with Gasteiger partial charge >= 0.3 is 0 Å². The number of aryl methyl sites for hydroxylation is 1. The third kappa shape index (κ3) is 4.20. The van der Waals surface area contributed by atoms with Crippen molar-refractivity contribution in [1.29, 1.82) is 0 Å². The third-order valence-electron chi connectivity index (χ3n) is 3.38. The number of aliphatic hydroxyl groups is 1. The van der Waals surface area contributed by atoms with Gasteiger partial charge in [0.05, 0.1) is 12.3 Å². The minimum absolute atomic E-state index is 0.105. The predicted molar refractivity (Wildman–Crippen MR) is 95.9 cm³/mol. The van der Waals surface area contributed by atoms with Crippen LogP contribution in [-0.2, 0) is 0 Å². The standard InChI is InChI=1S/C16H22N4O2S/c1-11-14(23-16(17-11)19(2)3)15(22)18-12-5-7-13(8-6-12)20(4)9-10-21/h5-8,21H,9-10H2,1-4H3,(H,18,22). The maximum atomic E-state index is 12.4. The molecule has 7 heteroatoms. The van der Waals surface area contributed by atoms with E-state index in [4.69, 9.17) is 5.11 Å². The number of anilines is 3. The van der Waals surface area contributed by atoms with Gasteiger partial charge in [0, 0.05) is 39.1 Å². The van der Waals surface area contributed by atoms with E-state index in [2.05, 4.69) is 10.3 Å². The van der Waals surface area contributed by atoms with Crippen molar-refractivity contribution in [1.82, 2.24) is 4.98 Å². The number of hydrogen-bond acceptors (Lipinski definition) is 6. The van der Waals surface area contributed by atoms with Crippen molar-refractivity contribution in [3.8, 4) is 0 Å². The molecule has 0 fully saturated rings. The number of rotatable bonds is 6. The SMILES string of the molecule is Cc1nc(N(C)C)sc1C(=O)Nc1ccc(N(C)CCO)cc1. The molecule has 2 N–H and O–H groups in total. The van der Waals surface area contributed by atoms with Crippen molar-refractivity contribution in [3.63, 3.8) is 0 Å². The Labute approximate surface area is 140 Å². The molecule has 1 amide bonds. The fourth-order valence-corrected chi connectivity index (χ4v) is 2.94. The highest BCUT2D eigenvalue weighted by Gasteiger charge is 2.16. The number of likely N-dealkylation sites (N-methyl/N-ethyl adjacent to an activating group) is 1. The Morgan fingerprint density at radius 1 is 1.26 bits per heavy atom. The molecule has 6 nitrogen and oxygen atoms in total. The van der Waals surface area contributed by atoms with Crippen LogP contribution in [0.3, 0.4) is 0 Å². The monoisotopic (exact) mass is 334 g/mol. The molecule has 1 heterocycles. The van der Waals surface area contributed by atoms with E-state index in [1.165, 1.54) is 11.3 Å². The van der Waals surface area contributed by atoms with Gasteiger partial charge in [-0.3, -0.25) is 4.79 Å². The average molecular weight is 334 g/mol. The molecule has 0 saturated carbocycles. The lowest BCUT2D eigenvalue weighted by molar-refractivity contribution is 0.103. The molecule has 0 atom stereocenters. The van der Waals surface area contributed by atoms with Gasteiger partial charge in [0.1, 0.15) is 4.88 Å². The van der Waals surface area contributed by atoms with Crippen LogP contribution in [0.1, 0.15) is 15.4 Å². The average Bonchev–Trinajstić information content (AvgIpc) is 2.90. The van der Waals surface area contributed by atoms with Crippen molar-refractivity contribution >= 4 is 33.8 Å². The lowest BCUT2D eigenvalue weighted by Gasteiger charge is -2.18. The molecular formula is C16H22N4O2S. The molecule has 2 rings (SSSR count). The molecule has 0 radical (unpaired) electrons. The normalized spacial score (nSPS) is 10.5. The number of carbonyl (C=O) groups excluding carboxylic acids is 1. The van der Waals surface area contributed by atoms with E-state index < -0.39 is 0 Å². The number of thiazole rings is 1. The first-order valence-corrected chi connectivity index (χ1v) is 8.12. The van der Waals surface area contributed by atoms with Gasteiger partial charge in [-0.2, -0.15) is 0 Å². The van der Waals surface area contributed by atoms with Gasteiger partial charge in [0.25, 0.3) is 5.91 Å². The van der Waals surface area contributed by atoms with Crippen molar-refractivity contribution in [2.45, 2.75) is 6.92 Å². The largest absolute Gasteiger partial charge is 0.395 e. The summed E-state index contributed by atoms with van der Waals surface area (Å²) in [6, 6.07) is 7.53. The summed E-state index contributed by atoms with van der Waals surface area (Å²) in [5.74, 6) is -0.149. The van der Waals surface area contributed by atoms with E-state index in [0.29, 0.717) is 11.4 Å². The minimum atomic E-state index is -0.149.